The van der Waals surface area contributed by atoms with Crippen LogP contribution in [0.25, 0.3) is 0 Å². The van der Waals surface area contributed by atoms with Crippen molar-refractivity contribution in [2.75, 3.05) is 24.5 Å². The van der Waals surface area contributed by atoms with Crippen LogP contribution < -0.4 is 10.2 Å². The molecule has 0 unspecified atom stereocenters. The first-order chi connectivity index (χ1) is 8.72. The van der Waals surface area contributed by atoms with E-state index in [-0.39, 0.29) is 5.91 Å². The van der Waals surface area contributed by atoms with Gasteiger partial charge in [-0.2, -0.15) is 0 Å². The quantitative estimate of drug-likeness (QED) is 0.807. The summed E-state index contributed by atoms with van der Waals surface area (Å²) in [6.45, 7) is 6.77. The van der Waals surface area contributed by atoms with Crippen molar-refractivity contribution >= 4 is 11.6 Å². The molecule has 0 saturated heterocycles. The van der Waals surface area contributed by atoms with E-state index in [9.17, 15) is 4.79 Å². The van der Waals surface area contributed by atoms with Crippen LogP contribution in [0.3, 0.4) is 0 Å². The van der Waals surface area contributed by atoms with Crippen molar-refractivity contribution < 1.29 is 4.79 Å². The van der Waals surface area contributed by atoms with E-state index in [1.54, 1.807) is 6.92 Å². The topological polar surface area (TPSA) is 32.3 Å². The third-order valence-corrected chi connectivity index (χ3v) is 3.44. The Kier molecular flexibility index (Phi) is 4.37. The zero-order chi connectivity index (χ0) is 13.0. The smallest absolute Gasteiger partial charge is 0.223 e. The monoisotopic (exact) mass is 246 g/mol. The second-order valence-corrected chi connectivity index (χ2v) is 4.88. The molecule has 1 aromatic carbocycles. The van der Waals surface area contributed by atoms with E-state index in [1.165, 1.54) is 17.5 Å². The summed E-state index contributed by atoms with van der Waals surface area (Å²) in [7, 11) is 0. The zero-order valence-corrected chi connectivity index (χ0v) is 11.3. The van der Waals surface area contributed by atoms with Gasteiger partial charge in [-0.3, -0.25) is 4.79 Å². The Morgan fingerprint density at radius 1 is 1.39 bits per heavy atom. The molecule has 3 nitrogen and oxygen atoms in total. The Labute approximate surface area is 109 Å². The fourth-order valence-corrected chi connectivity index (χ4v) is 2.47. The molecule has 0 saturated carbocycles. The number of rotatable bonds is 5. The van der Waals surface area contributed by atoms with Crippen LogP contribution in [0, 0.1) is 0 Å². The second-order valence-electron chi connectivity index (χ2n) is 4.88. The molecule has 0 atom stereocenters. The van der Waals surface area contributed by atoms with Crippen LogP contribution >= 0.6 is 0 Å². The van der Waals surface area contributed by atoms with Crippen LogP contribution in [0.15, 0.2) is 18.2 Å². The highest BCUT2D eigenvalue weighted by Gasteiger charge is 2.21. The summed E-state index contributed by atoms with van der Waals surface area (Å²) in [5.41, 5.74) is 3.79. The van der Waals surface area contributed by atoms with Crippen LogP contribution in [0.2, 0.25) is 0 Å². The third-order valence-electron chi connectivity index (χ3n) is 3.44. The van der Waals surface area contributed by atoms with Gasteiger partial charge in [0.15, 0.2) is 0 Å². The van der Waals surface area contributed by atoms with Gasteiger partial charge in [0.1, 0.15) is 0 Å². The first-order valence-electron chi connectivity index (χ1n) is 6.83. The Morgan fingerprint density at radius 3 is 2.94 bits per heavy atom. The highest BCUT2D eigenvalue weighted by molar-refractivity contribution is 5.93. The minimum Gasteiger partial charge on any atom is -0.316 e. The van der Waals surface area contributed by atoms with Gasteiger partial charge >= 0.3 is 0 Å². The molecule has 0 aliphatic carbocycles. The normalized spacial score (nSPS) is 13.8. The lowest BCUT2D eigenvalue weighted by molar-refractivity contribution is -0.116. The van der Waals surface area contributed by atoms with E-state index in [0.29, 0.717) is 0 Å². The van der Waals surface area contributed by atoms with Gasteiger partial charge in [0.2, 0.25) is 5.91 Å². The maximum absolute atomic E-state index is 11.5. The number of anilines is 1. The highest BCUT2D eigenvalue weighted by atomic mass is 16.2. The molecule has 0 fully saturated rings. The van der Waals surface area contributed by atoms with Crippen molar-refractivity contribution in [2.45, 2.75) is 33.1 Å². The summed E-state index contributed by atoms with van der Waals surface area (Å²) in [5.74, 6) is 0.145. The fourth-order valence-electron chi connectivity index (χ4n) is 2.47. The lowest BCUT2D eigenvalue weighted by atomic mass is 10.1. The fraction of sp³-hybridized carbons (Fsp3) is 0.533. The largest absolute Gasteiger partial charge is 0.316 e. The number of benzene rings is 1. The van der Waals surface area contributed by atoms with Gasteiger partial charge in [-0.25, -0.2) is 0 Å². The molecule has 0 bridgehead atoms. The summed E-state index contributed by atoms with van der Waals surface area (Å²) < 4.78 is 0. The Hall–Kier alpha value is -1.35. The zero-order valence-electron chi connectivity index (χ0n) is 11.3. The molecule has 1 aliphatic rings. The summed E-state index contributed by atoms with van der Waals surface area (Å²) in [4.78, 5) is 13.3. The van der Waals surface area contributed by atoms with E-state index >= 15 is 0 Å². The minimum absolute atomic E-state index is 0.145. The van der Waals surface area contributed by atoms with Crippen molar-refractivity contribution in [2.24, 2.45) is 0 Å². The predicted octanol–water partition coefficient (Wildman–Crippen LogP) is 2.14. The summed E-state index contributed by atoms with van der Waals surface area (Å²) >= 11 is 0. The molecule has 0 aromatic heterocycles. The number of nitrogens with zero attached hydrogens (tertiary/aromatic N) is 1. The molecule has 1 aliphatic heterocycles. The average Bonchev–Trinajstić information content (AvgIpc) is 2.77. The van der Waals surface area contributed by atoms with Crippen molar-refractivity contribution in [3.05, 3.63) is 29.3 Å². The molecule has 0 radical (unpaired) electrons. The maximum atomic E-state index is 11.5. The summed E-state index contributed by atoms with van der Waals surface area (Å²) in [6, 6.07) is 6.50. The SMILES string of the molecule is CCCNCCc1ccc2c(c1)CCN2C(C)=O. The number of amides is 1. The number of carbonyl (C=O) groups excluding carboxylic acids is 1. The first kappa shape index (κ1) is 13.1. The van der Waals surface area contributed by atoms with Gasteiger partial charge in [0.05, 0.1) is 0 Å². The Balaban J connectivity index is 1.99. The number of carbonyl (C=O) groups is 1. The molecule has 1 aromatic rings. The van der Waals surface area contributed by atoms with E-state index in [2.05, 4.69) is 30.4 Å². The number of hydrogen-bond acceptors (Lipinski definition) is 2. The highest BCUT2D eigenvalue weighted by Crippen LogP contribution is 2.28. The Morgan fingerprint density at radius 2 is 2.22 bits per heavy atom. The van der Waals surface area contributed by atoms with Crippen LogP contribution in [-0.2, 0) is 17.6 Å². The van der Waals surface area contributed by atoms with Gasteiger partial charge in [0, 0.05) is 19.2 Å². The second kappa shape index (κ2) is 6.01. The number of fused-ring (bicyclic) bond motifs is 1. The van der Waals surface area contributed by atoms with E-state index in [4.69, 9.17) is 0 Å². The summed E-state index contributed by atoms with van der Waals surface area (Å²) in [6.07, 6.45) is 3.23. The van der Waals surface area contributed by atoms with Crippen LogP contribution in [-0.4, -0.2) is 25.5 Å². The summed E-state index contributed by atoms with van der Waals surface area (Å²) in [5, 5.41) is 3.41. The lowest BCUT2D eigenvalue weighted by Gasteiger charge is -2.14. The molecular weight excluding hydrogens is 224 g/mol. The molecule has 1 amide bonds. The van der Waals surface area contributed by atoms with Gasteiger partial charge in [-0.05, 0) is 49.5 Å². The van der Waals surface area contributed by atoms with Crippen LogP contribution in [0.4, 0.5) is 5.69 Å². The van der Waals surface area contributed by atoms with Crippen molar-refractivity contribution in [1.82, 2.24) is 5.32 Å². The maximum Gasteiger partial charge on any atom is 0.223 e. The molecule has 3 heteroatoms. The van der Waals surface area contributed by atoms with Gasteiger partial charge in [0.25, 0.3) is 0 Å². The van der Waals surface area contributed by atoms with Crippen LogP contribution in [0.5, 0.6) is 0 Å². The Bertz CT molecular complexity index is 429. The first-order valence-corrected chi connectivity index (χ1v) is 6.83. The van der Waals surface area contributed by atoms with Crippen molar-refractivity contribution in [3.8, 4) is 0 Å². The molecular formula is C15H22N2O. The van der Waals surface area contributed by atoms with Crippen LogP contribution in [0.1, 0.15) is 31.4 Å². The molecule has 98 valence electrons. The number of hydrogen-bond donors (Lipinski definition) is 1. The van der Waals surface area contributed by atoms with E-state index < -0.39 is 0 Å². The third kappa shape index (κ3) is 2.91. The molecule has 0 spiro atoms. The predicted molar refractivity (Wildman–Crippen MR) is 75.0 cm³/mol. The van der Waals surface area contributed by atoms with Gasteiger partial charge < -0.3 is 10.2 Å². The van der Waals surface area contributed by atoms with Gasteiger partial charge in [-0.1, -0.05) is 19.1 Å². The molecule has 18 heavy (non-hydrogen) atoms. The molecule has 1 N–H and O–H groups in total. The molecule has 2 rings (SSSR count). The average molecular weight is 246 g/mol. The number of nitrogens with one attached hydrogen (secondary N) is 1. The standard InChI is InChI=1S/C15H22N2O/c1-3-8-16-9-6-13-4-5-15-14(11-13)7-10-17(15)12(2)18/h4-5,11,16H,3,6-10H2,1-2H3. The molecule has 1 heterocycles. The van der Waals surface area contributed by atoms with E-state index in [1.807, 2.05) is 4.90 Å². The lowest BCUT2D eigenvalue weighted by Crippen LogP contribution is -2.25. The van der Waals surface area contributed by atoms with E-state index in [0.717, 1.165) is 38.2 Å². The van der Waals surface area contributed by atoms with Crippen molar-refractivity contribution in [3.63, 3.8) is 0 Å². The van der Waals surface area contributed by atoms with Gasteiger partial charge in [-0.15, -0.1) is 0 Å². The van der Waals surface area contributed by atoms with Crippen molar-refractivity contribution in [1.29, 1.82) is 0 Å². The minimum atomic E-state index is 0.145.